The molecule has 3 rings (SSSR count). The van der Waals surface area contributed by atoms with Crippen molar-refractivity contribution in [2.75, 3.05) is 11.9 Å². The van der Waals surface area contributed by atoms with Gasteiger partial charge in [0.05, 0.1) is 23.1 Å². The number of hydrogen-bond acceptors (Lipinski definition) is 4. The highest BCUT2D eigenvalue weighted by molar-refractivity contribution is 14.1. The van der Waals surface area contributed by atoms with Crippen LogP contribution in [0, 0.1) is 10.5 Å². The Morgan fingerprint density at radius 2 is 1.67 bits per heavy atom. The van der Waals surface area contributed by atoms with Crippen molar-refractivity contribution in [3.63, 3.8) is 0 Å². The molecular weight excluding hydrogens is 491 g/mol. The van der Waals surface area contributed by atoms with Gasteiger partial charge in [0, 0.05) is 15.9 Å². The fourth-order valence-electron chi connectivity index (χ4n) is 2.87. The van der Waals surface area contributed by atoms with Crippen molar-refractivity contribution < 1.29 is 14.3 Å². The number of hydrogen-bond donors (Lipinski definition) is 1. The van der Waals surface area contributed by atoms with Crippen LogP contribution < -0.4 is 10.1 Å². The number of carbonyl (C=O) groups is 1. The largest absolute Gasteiger partial charge is 0.457 e. The molecule has 3 aromatic rings. The average Bonchev–Trinajstić information content (AvgIpc) is 2.74. The quantitative estimate of drug-likeness (QED) is 0.346. The molecule has 0 saturated carbocycles. The van der Waals surface area contributed by atoms with E-state index in [0.29, 0.717) is 29.3 Å². The second-order valence-corrected chi connectivity index (χ2v) is 8.16. The fourth-order valence-corrected chi connectivity index (χ4v) is 3.23. The first-order valence-corrected chi connectivity index (χ1v) is 11.0. The summed E-state index contributed by atoms with van der Waals surface area (Å²) in [6.45, 7) is 6.56. The van der Waals surface area contributed by atoms with Crippen molar-refractivity contribution in [3.05, 3.63) is 81.2 Å². The molecule has 2 aromatic carbocycles. The number of nitrogens with one attached hydrogen (secondary N) is 1. The summed E-state index contributed by atoms with van der Waals surface area (Å²) in [5.41, 5.74) is 2.74. The molecule has 30 heavy (non-hydrogen) atoms. The minimum absolute atomic E-state index is 0.0959. The third-order valence-electron chi connectivity index (χ3n) is 4.50. The van der Waals surface area contributed by atoms with E-state index in [4.69, 9.17) is 9.47 Å². The van der Waals surface area contributed by atoms with Crippen LogP contribution in [0.15, 0.2) is 60.7 Å². The Balaban J connectivity index is 1.63. The van der Waals surface area contributed by atoms with Gasteiger partial charge < -0.3 is 14.8 Å². The van der Waals surface area contributed by atoms with Crippen LogP contribution in [0.1, 0.15) is 48.1 Å². The van der Waals surface area contributed by atoms with E-state index in [-0.39, 0.29) is 12.0 Å². The first kappa shape index (κ1) is 22.2. The van der Waals surface area contributed by atoms with Crippen molar-refractivity contribution in [2.45, 2.75) is 33.3 Å². The molecule has 1 N–H and O–H groups in total. The van der Waals surface area contributed by atoms with Gasteiger partial charge >= 0.3 is 0 Å². The van der Waals surface area contributed by atoms with Gasteiger partial charge in [0.2, 0.25) is 0 Å². The van der Waals surface area contributed by atoms with Gasteiger partial charge in [-0.15, -0.1) is 0 Å². The number of amides is 1. The third-order valence-corrected chi connectivity index (χ3v) is 5.22. The first-order valence-electron chi connectivity index (χ1n) is 9.90. The average molecular weight is 516 g/mol. The summed E-state index contributed by atoms with van der Waals surface area (Å²) in [7, 11) is 0. The summed E-state index contributed by atoms with van der Waals surface area (Å²) in [6, 6.07) is 18.8. The molecule has 1 unspecified atom stereocenters. The van der Waals surface area contributed by atoms with E-state index in [1.54, 1.807) is 6.07 Å². The molecule has 0 aliphatic rings. The van der Waals surface area contributed by atoms with Gasteiger partial charge in [-0.2, -0.15) is 0 Å². The molecule has 1 aromatic heterocycles. The number of nitrogens with zero attached hydrogens (tertiary/aromatic N) is 1. The van der Waals surface area contributed by atoms with Crippen molar-refractivity contribution in [3.8, 4) is 11.5 Å². The van der Waals surface area contributed by atoms with E-state index >= 15 is 0 Å². The monoisotopic (exact) mass is 516 g/mol. The molecule has 0 aliphatic carbocycles. The molecule has 0 bridgehead atoms. The maximum Gasteiger partial charge on any atom is 0.257 e. The van der Waals surface area contributed by atoms with Crippen LogP contribution >= 0.6 is 22.6 Å². The molecule has 0 aliphatic heterocycles. The molecule has 1 amide bonds. The van der Waals surface area contributed by atoms with Crippen LogP contribution in [-0.2, 0) is 4.74 Å². The SMILES string of the molecule is CCCOC(C)c1ccc(C(=O)Nc2ccc(Oc3ccc(I)cc3)cc2)c(C)n1. The normalized spacial score (nSPS) is 11.7. The molecule has 1 heterocycles. The molecule has 0 saturated heterocycles. The van der Waals surface area contributed by atoms with Gasteiger partial charge in [-0.05, 0) is 104 Å². The van der Waals surface area contributed by atoms with E-state index in [0.717, 1.165) is 21.4 Å². The Labute approximate surface area is 191 Å². The number of pyridine rings is 1. The van der Waals surface area contributed by atoms with E-state index in [1.807, 2.05) is 68.4 Å². The zero-order chi connectivity index (χ0) is 21.5. The fraction of sp³-hybridized carbons (Fsp3) is 0.250. The second kappa shape index (κ2) is 10.5. The van der Waals surface area contributed by atoms with Crippen LogP contribution in [0.2, 0.25) is 0 Å². The second-order valence-electron chi connectivity index (χ2n) is 6.92. The molecule has 156 valence electrons. The Morgan fingerprint density at radius 1 is 1.03 bits per heavy atom. The highest BCUT2D eigenvalue weighted by Gasteiger charge is 2.14. The summed E-state index contributed by atoms with van der Waals surface area (Å²) < 4.78 is 12.7. The van der Waals surface area contributed by atoms with Crippen LogP contribution in [0.3, 0.4) is 0 Å². The standard InChI is InChI=1S/C24H25IN2O3/c1-4-15-29-17(3)23-14-13-22(16(2)26-23)24(28)27-19-7-11-21(12-8-19)30-20-9-5-18(25)6-10-20/h5-14,17H,4,15H2,1-3H3,(H,27,28). The van der Waals surface area contributed by atoms with Crippen molar-refractivity contribution >= 4 is 34.2 Å². The highest BCUT2D eigenvalue weighted by Crippen LogP contribution is 2.24. The van der Waals surface area contributed by atoms with Gasteiger partial charge in [-0.25, -0.2) is 0 Å². The number of rotatable bonds is 8. The Morgan fingerprint density at radius 3 is 2.27 bits per heavy atom. The lowest BCUT2D eigenvalue weighted by atomic mass is 10.1. The molecule has 0 radical (unpaired) electrons. The molecule has 6 heteroatoms. The smallest absolute Gasteiger partial charge is 0.257 e. The van der Waals surface area contributed by atoms with E-state index < -0.39 is 0 Å². The zero-order valence-corrected chi connectivity index (χ0v) is 19.5. The number of aromatic nitrogens is 1. The maximum atomic E-state index is 12.7. The number of benzene rings is 2. The van der Waals surface area contributed by atoms with Crippen LogP contribution in [0.5, 0.6) is 11.5 Å². The predicted molar refractivity (Wildman–Crippen MR) is 127 cm³/mol. The summed E-state index contributed by atoms with van der Waals surface area (Å²) in [6.07, 6.45) is 0.861. The number of aryl methyl sites for hydroxylation is 1. The van der Waals surface area contributed by atoms with E-state index in [1.165, 1.54) is 0 Å². The van der Waals surface area contributed by atoms with Crippen molar-refractivity contribution in [1.82, 2.24) is 4.98 Å². The number of ether oxygens (including phenoxy) is 2. The summed E-state index contributed by atoms with van der Waals surface area (Å²) >= 11 is 2.25. The molecule has 1 atom stereocenters. The molecule has 0 spiro atoms. The Kier molecular flexibility index (Phi) is 7.81. The number of carbonyl (C=O) groups excluding carboxylic acids is 1. The lowest BCUT2D eigenvalue weighted by molar-refractivity contribution is 0.0632. The van der Waals surface area contributed by atoms with Gasteiger partial charge in [0.1, 0.15) is 11.5 Å². The molecule has 5 nitrogen and oxygen atoms in total. The van der Waals surface area contributed by atoms with E-state index in [9.17, 15) is 4.79 Å². The van der Waals surface area contributed by atoms with Crippen LogP contribution in [0.25, 0.3) is 0 Å². The number of anilines is 1. The highest BCUT2D eigenvalue weighted by atomic mass is 127. The van der Waals surface area contributed by atoms with Crippen molar-refractivity contribution in [1.29, 1.82) is 0 Å². The topological polar surface area (TPSA) is 60.5 Å². The van der Waals surface area contributed by atoms with E-state index in [2.05, 4.69) is 39.8 Å². The predicted octanol–water partition coefficient (Wildman–Crippen LogP) is 6.53. The molecular formula is C24H25IN2O3. The lowest BCUT2D eigenvalue weighted by Crippen LogP contribution is -2.15. The minimum Gasteiger partial charge on any atom is -0.457 e. The Hall–Kier alpha value is -2.45. The van der Waals surface area contributed by atoms with Crippen molar-refractivity contribution in [2.24, 2.45) is 0 Å². The summed E-state index contributed by atoms with van der Waals surface area (Å²) in [4.78, 5) is 17.2. The lowest BCUT2D eigenvalue weighted by Gasteiger charge is -2.14. The van der Waals surface area contributed by atoms with Crippen LogP contribution in [-0.4, -0.2) is 17.5 Å². The third kappa shape index (κ3) is 6.03. The van der Waals surface area contributed by atoms with Gasteiger partial charge in [0.25, 0.3) is 5.91 Å². The van der Waals surface area contributed by atoms with Gasteiger partial charge in [0.15, 0.2) is 0 Å². The zero-order valence-electron chi connectivity index (χ0n) is 17.3. The van der Waals surface area contributed by atoms with Gasteiger partial charge in [-0.1, -0.05) is 6.92 Å². The first-order chi connectivity index (χ1) is 14.5. The Bertz CT molecular complexity index is 988. The summed E-state index contributed by atoms with van der Waals surface area (Å²) in [5.74, 6) is 1.28. The summed E-state index contributed by atoms with van der Waals surface area (Å²) in [5, 5.41) is 2.91. The maximum absolute atomic E-state index is 12.7. The number of halogens is 1. The molecule has 0 fully saturated rings. The minimum atomic E-state index is -0.194. The van der Waals surface area contributed by atoms with Gasteiger partial charge in [-0.3, -0.25) is 9.78 Å². The van der Waals surface area contributed by atoms with Crippen LogP contribution in [0.4, 0.5) is 5.69 Å².